The fourth-order valence-electron chi connectivity index (χ4n) is 3.18. The lowest BCUT2D eigenvalue weighted by Gasteiger charge is -2.05. The van der Waals surface area contributed by atoms with Gasteiger partial charge < -0.3 is 19.5 Å². The van der Waals surface area contributed by atoms with Crippen molar-refractivity contribution in [3.05, 3.63) is 90.9 Å². The minimum absolute atomic E-state index is 0.204. The first-order chi connectivity index (χ1) is 16.7. The number of rotatable bonds is 8. The van der Waals surface area contributed by atoms with Crippen LogP contribution in [0.25, 0.3) is 33.3 Å². The predicted octanol–water partition coefficient (Wildman–Crippen LogP) is 4.67. The van der Waals surface area contributed by atoms with E-state index in [0.717, 1.165) is 0 Å². The second kappa shape index (κ2) is 9.21. The molecular formula is C25H17N5O4. The Labute approximate surface area is 192 Å². The van der Waals surface area contributed by atoms with Gasteiger partial charge in [-0.05, 0) is 36.4 Å². The van der Waals surface area contributed by atoms with Gasteiger partial charge in [-0.15, -0.1) is 0 Å². The average molecular weight is 451 g/mol. The highest BCUT2D eigenvalue weighted by Crippen LogP contribution is 2.21. The predicted molar refractivity (Wildman–Crippen MR) is 128 cm³/mol. The number of hydrogen-bond acceptors (Lipinski definition) is 9. The van der Waals surface area contributed by atoms with Crippen molar-refractivity contribution in [2.45, 2.75) is 0 Å². The van der Waals surface area contributed by atoms with Crippen molar-refractivity contribution in [1.82, 2.24) is 15.0 Å². The second-order valence-corrected chi connectivity index (χ2v) is 7.11. The summed E-state index contributed by atoms with van der Waals surface area (Å²) >= 11 is 0. The Morgan fingerprint density at radius 1 is 0.618 bits per heavy atom. The summed E-state index contributed by atoms with van der Waals surface area (Å²) in [5.41, 5.74) is 2.96. The minimum Gasteiger partial charge on any atom is -0.436 e. The number of para-hydroxylation sites is 4. The highest BCUT2D eigenvalue weighted by molar-refractivity contribution is 6.06. The molecule has 0 amide bonds. The molecule has 2 N–H and O–H groups in total. The molecule has 9 heteroatoms. The third-order valence-electron chi connectivity index (χ3n) is 4.84. The van der Waals surface area contributed by atoms with Gasteiger partial charge in [-0.25, -0.2) is 15.0 Å². The van der Waals surface area contributed by atoms with Crippen molar-refractivity contribution in [2.75, 3.05) is 10.6 Å². The monoisotopic (exact) mass is 451 g/mol. The van der Waals surface area contributed by atoms with Gasteiger partial charge in [-0.2, -0.15) is 0 Å². The molecule has 0 bridgehead atoms. The molecule has 3 heterocycles. The molecule has 0 saturated heterocycles. The van der Waals surface area contributed by atoms with E-state index in [0.29, 0.717) is 46.4 Å². The average Bonchev–Trinajstić information content (AvgIpc) is 3.49. The molecule has 0 atom stereocenters. The highest BCUT2D eigenvalue weighted by atomic mass is 16.4. The molecule has 3 aromatic heterocycles. The quantitative estimate of drug-likeness (QED) is 0.256. The number of oxazole rings is 2. The van der Waals surface area contributed by atoms with E-state index in [2.05, 4.69) is 25.6 Å². The summed E-state index contributed by atoms with van der Waals surface area (Å²) < 4.78 is 11.3. The van der Waals surface area contributed by atoms with E-state index < -0.39 is 0 Å². The standard InChI is InChI=1S/C25H17N5O4/c31-14-16(24-28-18-6-1-3-8-20(18)33-24)12-26-22-10-5-11-23(30-22)27-13-17(15-32)25-29-19-7-2-4-9-21(19)34-25/h1-15H,(H2,26,27,30)/b16-12+,17-13+. The third kappa shape index (κ3) is 4.30. The first-order valence-electron chi connectivity index (χ1n) is 10.3. The molecule has 0 unspecified atom stereocenters. The Bertz CT molecular complexity index is 1380. The van der Waals surface area contributed by atoms with Gasteiger partial charge in [0.2, 0.25) is 11.8 Å². The zero-order valence-electron chi connectivity index (χ0n) is 17.6. The summed E-state index contributed by atoms with van der Waals surface area (Å²) in [6.45, 7) is 0. The van der Waals surface area contributed by atoms with E-state index in [-0.39, 0.29) is 22.9 Å². The van der Waals surface area contributed by atoms with Crippen LogP contribution in [0.5, 0.6) is 0 Å². The summed E-state index contributed by atoms with van der Waals surface area (Å²) in [7, 11) is 0. The number of anilines is 2. The van der Waals surface area contributed by atoms with Crippen LogP contribution >= 0.6 is 0 Å². The van der Waals surface area contributed by atoms with E-state index in [1.807, 2.05) is 24.3 Å². The van der Waals surface area contributed by atoms with E-state index in [4.69, 9.17) is 8.83 Å². The number of nitrogens with one attached hydrogen (secondary N) is 2. The van der Waals surface area contributed by atoms with Gasteiger partial charge in [0, 0.05) is 12.4 Å². The van der Waals surface area contributed by atoms with Crippen molar-refractivity contribution in [2.24, 2.45) is 0 Å². The second-order valence-electron chi connectivity index (χ2n) is 7.11. The zero-order chi connectivity index (χ0) is 23.3. The maximum absolute atomic E-state index is 11.6. The maximum atomic E-state index is 11.6. The molecular weight excluding hydrogens is 434 g/mol. The van der Waals surface area contributed by atoms with E-state index >= 15 is 0 Å². The molecule has 0 spiro atoms. The van der Waals surface area contributed by atoms with E-state index in [9.17, 15) is 9.59 Å². The van der Waals surface area contributed by atoms with Gasteiger partial charge in [-0.1, -0.05) is 30.3 Å². The van der Waals surface area contributed by atoms with Gasteiger partial charge >= 0.3 is 0 Å². The summed E-state index contributed by atoms with van der Waals surface area (Å²) in [4.78, 5) is 36.2. The van der Waals surface area contributed by atoms with Crippen LogP contribution in [0.2, 0.25) is 0 Å². The molecule has 9 nitrogen and oxygen atoms in total. The van der Waals surface area contributed by atoms with Gasteiger partial charge in [0.15, 0.2) is 23.7 Å². The molecule has 5 rings (SSSR count). The molecule has 0 saturated carbocycles. The molecule has 166 valence electrons. The highest BCUT2D eigenvalue weighted by Gasteiger charge is 2.11. The number of benzene rings is 2. The first kappa shape index (κ1) is 20.8. The van der Waals surface area contributed by atoms with Crippen LogP contribution in [0, 0.1) is 0 Å². The summed E-state index contributed by atoms with van der Waals surface area (Å²) in [5, 5.41) is 5.93. The van der Waals surface area contributed by atoms with Crippen molar-refractivity contribution in [1.29, 1.82) is 0 Å². The number of aromatic nitrogens is 3. The van der Waals surface area contributed by atoms with Gasteiger partial charge in [0.1, 0.15) is 22.7 Å². The topological polar surface area (TPSA) is 123 Å². The number of aldehydes is 2. The smallest absolute Gasteiger partial charge is 0.232 e. The molecule has 0 aliphatic rings. The van der Waals surface area contributed by atoms with Gasteiger partial charge in [0.25, 0.3) is 0 Å². The van der Waals surface area contributed by atoms with Crippen molar-refractivity contribution in [3.8, 4) is 0 Å². The third-order valence-corrected chi connectivity index (χ3v) is 4.84. The van der Waals surface area contributed by atoms with E-state index in [1.165, 1.54) is 12.4 Å². The molecule has 2 aromatic carbocycles. The lowest BCUT2D eigenvalue weighted by molar-refractivity contribution is -0.104. The molecule has 0 radical (unpaired) electrons. The summed E-state index contributed by atoms with van der Waals surface area (Å²) in [5.74, 6) is 1.33. The maximum Gasteiger partial charge on any atom is 0.232 e. The van der Waals surface area contributed by atoms with Crippen LogP contribution in [-0.2, 0) is 9.59 Å². The van der Waals surface area contributed by atoms with Crippen LogP contribution in [0.3, 0.4) is 0 Å². The number of fused-ring (bicyclic) bond motifs is 2. The largest absolute Gasteiger partial charge is 0.436 e. The van der Waals surface area contributed by atoms with Crippen LogP contribution in [0.15, 0.2) is 88.0 Å². The van der Waals surface area contributed by atoms with Gasteiger partial charge in [0.05, 0.1) is 11.1 Å². The Kier molecular flexibility index (Phi) is 5.64. The van der Waals surface area contributed by atoms with Crippen LogP contribution in [0.4, 0.5) is 11.6 Å². The molecule has 5 aromatic rings. The fraction of sp³-hybridized carbons (Fsp3) is 0. The molecule has 0 aliphatic carbocycles. The van der Waals surface area contributed by atoms with Crippen LogP contribution in [0.1, 0.15) is 11.8 Å². The SMILES string of the molecule is O=C/C(=C\Nc1cccc(N/C=C(\C=O)c2nc3ccccc3o2)n1)c1nc2ccccc2o1. The molecule has 34 heavy (non-hydrogen) atoms. The Balaban J connectivity index is 1.33. The summed E-state index contributed by atoms with van der Waals surface area (Å²) in [6.07, 6.45) is 4.24. The van der Waals surface area contributed by atoms with E-state index in [1.54, 1.807) is 42.5 Å². The number of carbonyl (C=O) groups excluding carboxylic acids is 2. The lowest BCUT2D eigenvalue weighted by atomic mass is 10.3. The Morgan fingerprint density at radius 3 is 1.53 bits per heavy atom. The minimum atomic E-state index is 0.204. The Hall–Kier alpha value is -5.05. The van der Waals surface area contributed by atoms with Crippen molar-refractivity contribution in [3.63, 3.8) is 0 Å². The number of nitrogens with zero attached hydrogens (tertiary/aromatic N) is 3. The van der Waals surface area contributed by atoms with Crippen LogP contribution in [-0.4, -0.2) is 27.5 Å². The number of carbonyl (C=O) groups is 2. The van der Waals surface area contributed by atoms with Crippen molar-refractivity contribution < 1.29 is 18.4 Å². The Morgan fingerprint density at radius 2 is 1.09 bits per heavy atom. The van der Waals surface area contributed by atoms with Crippen LogP contribution < -0.4 is 10.6 Å². The fourth-order valence-corrected chi connectivity index (χ4v) is 3.18. The summed E-state index contributed by atoms with van der Waals surface area (Å²) in [6, 6.07) is 19.7. The normalized spacial score (nSPS) is 12.1. The van der Waals surface area contributed by atoms with Crippen molar-refractivity contribution >= 4 is 57.6 Å². The number of pyridine rings is 1. The van der Waals surface area contributed by atoms with Gasteiger partial charge in [-0.3, -0.25) is 9.59 Å². The molecule has 0 aliphatic heterocycles. The first-order valence-corrected chi connectivity index (χ1v) is 10.3. The zero-order valence-corrected chi connectivity index (χ0v) is 17.6. The molecule has 0 fully saturated rings. The number of hydrogen-bond donors (Lipinski definition) is 2. The number of allylic oxidation sites excluding steroid dienone is 2. The lowest BCUT2D eigenvalue weighted by Crippen LogP contribution is -1.99.